The van der Waals surface area contributed by atoms with E-state index in [1.165, 1.54) is 11.1 Å². The number of phenolic OH excluding ortho intramolecular Hbond substituents is 1. The summed E-state index contributed by atoms with van der Waals surface area (Å²) in [5, 5.41) is 19.9. The molecule has 0 aliphatic carbocycles. The van der Waals surface area contributed by atoms with Gasteiger partial charge in [0.25, 0.3) is 0 Å². The van der Waals surface area contributed by atoms with Crippen molar-refractivity contribution >= 4 is 5.78 Å². The Labute approximate surface area is 199 Å². The lowest BCUT2D eigenvalue weighted by atomic mass is 9.87. The van der Waals surface area contributed by atoms with Crippen LogP contribution in [0.2, 0.25) is 0 Å². The molecule has 1 aliphatic heterocycles. The van der Waals surface area contributed by atoms with E-state index in [0.29, 0.717) is 18.6 Å². The van der Waals surface area contributed by atoms with Gasteiger partial charge in [-0.1, -0.05) is 23.3 Å². The lowest BCUT2D eigenvalue weighted by Gasteiger charge is -2.37. The molecule has 0 radical (unpaired) electrons. The number of aryl methyl sites for hydroxylation is 1. The molecule has 2 N–H and O–H groups in total. The number of carbonyl (C=O) groups is 1. The quantitative estimate of drug-likeness (QED) is 0.377. The molecule has 1 heterocycles. The van der Waals surface area contributed by atoms with Gasteiger partial charge in [0.1, 0.15) is 17.0 Å². The molecule has 1 atom stereocenters. The van der Waals surface area contributed by atoms with Crippen molar-refractivity contribution in [3.05, 3.63) is 40.5 Å². The first-order chi connectivity index (χ1) is 15.4. The number of ketones is 1. The zero-order chi connectivity index (χ0) is 24.8. The van der Waals surface area contributed by atoms with Crippen molar-refractivity contribution in [1.82, 2.24) is 0 Å². The molecule has 0 spiro atoms. The molecule has 33 heavy (non-hydrogen) atoms. The summed E-state index contributed by atoms with van der Waals surface area (Å²) in [5.74, 6) is 1.44. The number of fused-ring (bicyclic) bond motifs is 1. The molecule has 1 aromatic carbocycles. The van der Waals surface area contributed by atoms with Gasteiger partial charge in [0.15, 0.2) is 17.3 Å². The maximum Gasteiger partial charge on any atom is 0.167 e. The van der Waals surface area contributed by atoms with Gasteiger partial charge in [0.2, 0.25) is 0 Å². The summed E-state index contributed by atoms with van der Waals surface area (Å²) in [7, 11) is 1.58. The van der Waals surface area contributed by atoms with Crippen molar-refractivity contribution in [3.63, 3.8) is 0 Å². The van der Waals surface area contributed by atoms with E-state index in [9.17, 15) is 15.0 Å². The van der Waals surface area contributed by atoms with E-state index in [4.69, 9.17) is 9.47 Å². The first kappa shape index (κ1) is 27.0. The standard InChI is InChI=1S/C28H42O5/c1-19(10-8-11-20(2)13-14-24(30)27(4,5)31)12-9-16-28(6)17-15-22-25(33-28)21(3)18-23(29)26(22)32-7/h11-12,18,29,31H,8-10,13-17H2,1-7H3/b19-12+,20-11+/t28-/m1/s1. The lowest BCUT2D eigenvalue weighted by Crippen LogP contribution is -2.36. The number of allylic oxidation sites excluding steroid dienone is 4. The van der Waals surface area contributed by atoms with Crippen LogP contribution < -0.4 is 9.47 Å². The number of aromatic hydroxyl groups is 1. The zero-order valence-corrected chi connectivity index (χ0v) is 21.5. The Hall–Kier alpha value is -2.27. The fraction of sp³-hybridized carbons (Fsp3) is 0.607. The summed E-state index contributed by atoms with van der Waals surface area (Å²) in [6.45, 7) is 11.4. The van der Waals surface area contributed by atoms with Gasteiger partial charge in [-0.15, -0.1) is 0 Å². The third kappa shape index (κ3) is 7.63. The van der Waals surface area contributed by atoms with E-state index >= 15 is 0 Å². The molecule has 0 saturated heterocycles. The fourth-order valence-electron chi connectivity index (χ4n) is 4.28. The second kappa shape index (κ2) is 11.2. The number of hydrogen-bond donors (Lipinski definition) is 2. The number of carbonyl (C=O) groups excluding carboxylic acids is 1. The highest BCUT2D eigenvalue weighted by atomic mass is 16.5. The van der Waals surface area contributed by atoms with Crippen LogP contribution in [0.4, 0.5) is 0 Å². The molecule has 0 aromatic heterocycles. The third-order valence-electron chi connectivity index (χ3n) is 6.57. The number of Topliss-reactive ketones (excluding diaryl/α,β-unsaturated/α-hetero) is 1. The first-order valence-corrected chi connectivity index (χ1v) is 12.0. The van der Waals surface area contributed by atoms with Crippen molar-refractivity contribution in [1.29, 1.82) is 0 Å². The van der Waals surface area contributed by atoms with E-state index in [2.05, 4.69) is 26.0 Å². The Bertz CT molecular complexity index is 904. The molecule has 184 valence electrons. The van der Waals surface area contributed by atoms with Gasteiger partial charge in [-0.05, 0) is 98.1 Å². The largest absolute Gasteiger partial charge is 0.504 e. The Morgan fingerprint density at radius 1 is 1.18 bits per heavy atom. The third-order valence-corrected chi connectivity index (χ3v) is 6.57. The molecular weight excluding hydrogens is 416 g/mol. The normalized spacial score (nSPS) is 19.2. The van der Waals surface area contributed by atoms with Crippen LogP contribution in [0.3, 0.4) is 0 Å². The van der Waals surface area contributed by atoms with E-state index in [-0.39, 0.29) is 17.1 Å². The predicted molar refractivity (Wildman–Crippen MR) is 133 cm³/mol. The molecule has 1 aromatic rings. The number of methoxy groups -OCH3 is 1. The summed E-state index contributed by atoms with van der Waals surface area (Å²) in [5.41, 5.74) is 2.97. The van der Waals surface area contributed by atoms with E-state index in [0.717, 1.165) is 55.4 Å². The minimum absolute atomic E-state index is 0.113. The fourth-order valence-corrected chi connectivity index (χ4v) is 4.28. The first-order valence-electron chi connectivity index (χ1n) is 12.0. The second-order valence-electron chi connectivity index (χ2n) is 10.3. The zero-order valence-electron chi connectivity index (χ0n) is 21.5. The molecular formula is C28H42O5. The maximum absolute atomic E-state index is 11.8. The van der Waals surface area contributed by atoms with Crippen molar-refractivity contribution in [2.75, 3.05) is 7.11 Å². The highest BCUT2D eigenvalue weighted by molar-refractivity contribution is 5.86. The maximum atomic E-state index is 11.8. The Kier molecular flexibility index (Phi) is 9.19. The number of phenols is 1. The SMILES string of the molecule is COc1c(O)cc(C)c2c1CC[C@@](C)(CC/C=C(\C)CC/C=C(\C)CCC(=O)C(C)(C)O)O2. The number of benzene rings is 1. The summed E-state index contributed by atoms with van der Waals surface area (Å²) in [4.78, 5) is 11.8. The topological polar surface area (TPSA) is 76.0 Å². The average Bonchev–Trinajstić information content (AvgIpc) is 2.72. The number of aliphatic hydroxyl groups is 1. The van der Waals surface area contributed by atoms with Crippen molar-refractivity contribution in [2.45, 2.75) is 104 Å². The van der Waals surface area contributed by atoms with Crippen LogP contribution in [0.15, 0.2) is 29.4 Å². The van der Waals surface area contributed by atoms with Crippen molar-refractivity contribution < 1.29 is 24.5 Å². The molecule has 0 unspecified atom stereocenters. The Morgan fingerprint density at radius 3 is 2.45 bits per heavy atom. The monoisotopic (exact) mass is 458 g/mol. The Morgan fingerprint density at radius 2 is 1.82 bits per heavy atom. The molecule has 5 nitrogen and oxygen atoms in total. The number of ether oxygens (including phenoxy) is 2. The van der Waals surface area contributed by atoms with Gasteiger partial charge in [-0.3, -0.25) is 4.79 Å². The van der Waals surface area contributed by atoms with Crippen LogP contribution in [0, 0.1) is 6.92 Å². The Balaban J connectivity index is 1.84. The summed E-state index contributed by atoms with van der Waals surface area (Å²) in [6, 6.07) is 1.71. The summed E-state index contributed by atoms with van der Waals surface area (Å²) >= 11 is 0. The van der Waals surface area contributed by atoms with Crippen LogP contribution >= 0.6 is 0 Å². The molecule has 5 heteroatoms. The van der Waals surface area contributed by atoms with Crippen LogP contribution in [0.1, 0.15) is 90.7 Å². The van der Waals surface area contributed by atoms with Crippen LogP contribution in [0.5, 0.6) is 17.2 Å². The van der Waals surface area contributed by atoms with Crippen molar-refractivity contribution in [3.8, 4) is 17.2 Å². The molecule has 0 bridgehead atoms. The molecule has 0 saturated carbocycles. The molecule has 0 fully saturated rings. The lowest BCUT2D eigenvalue weighted by molar-refractivity contribution is -0.134. The number of hydrogen-bond acceptors (Lipinski definition) is 5. The van der Waals surface area contributed by atoms with Crippen LogP contribution in [0.25, 0.3) is 0 Å². The van der Waals surface area contributed by atoms with Crippen molar-refractivity contribution in [2.24, 2.45) is 0 Å². The van der Waals surface area contributed by atoms with E-state index < -0.39 is 5.60 Å². The highest BCUT2D eigenvalue weighted by Gasteiger charge is 2.34. The van der Waals surface area contributed by atoms with Gasteiger partial charge in [0, 0.05) is 12.0 Å². The molecule has 2 rings (SSSR count). The van der Waals surface area contributed by atoms with Gasteiger partial charge in [-0.25, -0.2) is 0 Å². The molecule has 0 amide bonds. The van der Waals surface area contributed by atoms with Gasteiger partial charge in [0.05, 0.1) is 7.11 Å². The van der Waals surface area contributed by atoms with Crippen LogP contribution in [-0.2, 0) is 11.2 Å². The second-order valence-corrected chi connectivity index (χ2v) is 10.3. The predicted octanol–water partition coefficient (Wildman–Crippen LogP) is 6.37. The summed E-state index contributed by atoms with van der Waals surface area (Å²) in [6.07, 6.45) is 11.1. The van der Waals surface area contributed by atoms with Crippen LogP contribution in [-0.4, -0.2) is 34.3 Å². The van der Waals surface area contributed by atoms with Gasteiger partial charge < -0.3 is 19.7 Å². The highest BCUT2D eigenvalue weighted by Crippen LogP contribution is 2.46. The minimum Gasteiger partial charge on any atom is -0.504 e. The molecule has 1 aliphatic rings. The van der Waals surface area contributed by atoms with E-state index in [1.54, 1.807) is 27.0 Å². The average molecular weight is 459 g/mol. The smallest absolute Gasteiger partial charge is 0.167 e. The van der Waals surface area contributed by atoms with Gasteiger partial charge in [-0.2, -0.15) is 0 Å². The summed E-state index contributed by atoms with van der Waals surface area (Å²) < 4.78 is 11.8. The van der Waals surface area contributed by atoms with E-state index in [1.807, 2.05) is 13.8 Å². The minimum atomic E-state index is -1.24. The van der Waals surface area contributed by atoms with Gasteiger partial charge >= 0.3 is 0 Å². The number of rotatable bonds is 11.